The largest absolute Gasteiger partial charge is 0.323 e. The van der Waals surface area contributed by atoms with Gasteiger partial charge in [0.2, 0.25) is 0 Å². The standard InChI is InChI=1S/C12H15BrN2/c1-3-9(7-14)12(15)11-6-10(13)5-4-8(11)2/h4-6,9,12H,3,15H2,1-2H3. The van der Waals surface area contributed by atoms with Gasteiger partial charge in [0.1, 0.15) is 0 Å². The van der Waals surface area contributed by atoms with Gasteiger partial charge in [0, 0.05) is 10.5 Å². The molecule has 0 fully saturated rings. The van der Waals surface area contributed by atoms with Crippen molar-refractivity contribution in [1.82, 2.24) is 0 Å². The number of nitrogens with two attached hydrogens (primary N) is 1. The molecule has 0 saturated carbocycles. The first-order valence-electron chi connectivity index (χ1n) is 5.01. The third kappa shape index (κ3) is 2.80. The fraction of sp³-hybridized carbons (Fsp3) is 0.417. The Hall–Kier alpha value is -0.850. The number of halogens is 1. The number of hydrogen-bond acceptors (Lipinski definition) is 2. The van der Waals surface area contributed by atoms with Crippen LogP contribution in [-0.4, -0.2) is 0 Å². The Bertz CT molecular complexity index is 382. The molecule has 2 atom stereocenters. The van der Waals surface area contributed by atoms with Crippen LogP contribution in [0.25, 0.3) is 0 Å². The number of aryl methyl sites for hydroxylation is 1. The number of nitriles is 1. The Balaban J connectivity index is 3.05. The van der Waals surface area contributed by atoms with Crippen LogP contribution in [0, 0.1) is 24.2 Å². The summed E-state index contributed by atoms with van der Waals surface area (Å²) in [6.45, 7) is 4.01. The lowest BCUT2D eigenvalue weighted by molar-refractivity contribution is 0.515. The van der Waals surface area contributed by atoms with Crippen LogP contribution >= 0.6 is 15.9 Å². The third-order valence-electron chi connectivity index (χ3n) is 2.64. The molecule has 15 heavy (non-hydrogen) atoms. The topological polar surface area (TPSA) is 49.8 Å². The number of benzene rings is 1. The minimum Gasteiger partial charge on any atom is -0.323 e. The molecule has 2 nitrogen and oxygen atoms in total. The molecule has 0 aliphatic heterocycles. The van der Waals surface area contributed by atoms with E-state index in [1.165, 1.54) is 0 Å². The first kappa shape index (κ1) is 12.2. The molecular weight excluding hydrogens is 252 g/mol. The van der Waals surface area contributed by atoms with Gasteiger partial charge >= 0.3 is 0 Å². The van der Waals surface area contributed by atoms with Gasteiger partial charge in [-0.25, -0.2) is 0 Å². The van der Waals surface area contributed by atoms with Crippen LogP contribution in [0.15, 0.2) is 22.7 Å². The fourth-order valence-electron chi connectivity index (χ4n) is 1.61. The number of nitrogens with zero attached hydrogens (tertiary/aromatic N) is 1. The van der Waals surface area contributed by atoms with Crippen LogP contribution in [0.2, 0.25) is 0 Å². The average molecular weight is 267 g/mol. The molecular formula is C12H15BrN2. The predicted molar refractivity (Wildman–Crippen MR) is 65.2 cm³/mol. The van der Waals surface area contributed by atoms with Crippen molar-refractivity contribution in [1.29, 1.82) is 5.26 Å². The van der Waals surface area contributed by atoms with Crippen LogP contribution in [0.3, 0.4) is 0 Å². The third-order valence-corrected chi connectivity index (χ3v) is 3.13. The zero-order valence-corrected chi connectivity index (χ0v) is 10.6. The zero-order valence-electron chi connectivity index (χ0n) is 9.00. The Morgan fingerprint density at radius 2 is 2.20 bits per heavy atom. The second kappa shape index (κ2) is 5.29. The van der Waals surface area contributed by atoms with Gasteiger partial charge in [0.15, 0.2) is 0 Å². The van der Waals surface area contributed by atoms with E-state index in [0.29, 0.717) is 0 Å². The SMILES string of the molecule is CCC(C#N)C(N)c1cc(Br)ccc1C. The summed E-state index contributed by atoms with van der Waals surface area (Å²) < 4.78 is 1.01. The van der Waals surface area contributed by atoms with Gasteiger partial charge in [-0.15, -0.1) is 0 Å². The molecule has 1 rings (SSSR count). The van der Waals surface area contributed by atoms with E-state index in [9.17, 15) is 0 Å². The summed E-state index contributed by atoms with van der Waals surface area (Å²) in [4.78, 5) is 0. The maximum Gasteiger partial charge on any atom is 0.0675 e. The highest BCUT2D eigenvalue weighted by molar-refractivity contribution is 9.10. The van der Waals surface area contributed by atoms with Gasteiger partial charge in [-0.1, -0.05) is 28.9 Å². The molecule has 0 heterocycles. The molecule has 1 aromatic rings. The van der Waals surface area contributed by atoms with Crippen molar-refractivity contribution >= 4 is 15.9 Å². The van der Waals surface area contributed by atoms with Crippen LogP contribution in [-0.2, 0) is 0 Å². The van der Waals surface area contributed by atoms with E-state index in [0.717, 1.165) is 22.0 Å². The van der Waals surface area contributed by atoms with Crippen molar-refractivity contribution in [2.45, 2.75) is 26.3 Å². The first-order chi connectivity index (χ1) is 7.10. The van der Waals surface area contributed by atoms with Gasteiger partial charge < -0.3 is 5.73 Å². The minimum absolute atomic E-state index is 0.113. The molecule has 0 radical (unpaired) electrons. The van der Waals surface area contributed by atoms with E-state index in [-0.39, 0.29) is 12.0 Å². The second-order valence-electron chi connectivity index (χ2n) is 3.67. The molecule has 2 unspecified atom stereocenters. The van der Waals surface area contributed by atoms with E-state index in [1.54, 1.807) is 0 Å². The van der Waals surface area contributed by atoms with Gasteiger partial charge in [0.05, 0.1) is 12.0 Å². The van der Waals surface area contributed by atoms with E-state index < -0.39 is 0 Å². The molecule has 0 aliphatic carbocycles. The summed E-state index contributed by atoms with van der Waals surface area (Å²) in [6, 6.07) is 8.06. The van der Waals surface area contributed by atoms with Crippen molar-refractivity contribution in [3.8, 4) is 6.07 Å². The van der Waals surface area contributed by atoms with E-state index >= 15 is 0 Å². The number of rotatable bonds is 3. The summed E-state index contributed by atoms with van der Waals surface area (Å²) in [6.07, 6.45) is 0.781. The van der Waals surface area contributed by atoms with E-state index in [2.05, 4.69) is 22.0 Å². The molecule has 80 valence electrons. The summed E-state index contributed by atoms with van der Waals surface area (Å²) in [5, 5.41) is 8.98. The average Bonchev–Trinajstić information content (AvgIpc) is 2.23. The van der Waals surface area contributed by atoms with Crippen LogP contribution < -0.4 is 5.73 Å². The Kier molecular flexibility index (Phi) is 4.31. The zero-order chi connectivity index (χ0) is 11.4. The molecule has 0 amide bonds. The summed E-state index contributed by atoms with van der Waals surface area (Å²) in [5.41, 5.74) is 8.28. The maximum atomic E-state index is 8.98. The van der Waals surface area contributed by atoms with Gasteiger partial charge in [-0.3, -0.25) is 0 Å². The Morgan fingerprint density at radius 3 is 2.73 bits per heavy atom. The van der Waals surface area contributed by atoms with Crippen LogP contribution in [0.4, 0.5) is 0 Å². The highest BCUT2D eigenvalue weighted by Crippen LogP contribution is 2.27. The Labute approximate surface area is 99.2 Å². The van der Waals surface area contributed by atoms with Crippen molar-refractivity contribution in [3.63, 3.8) is 0 Å². The van der Waals surface area contributed by atoms with Crippen molar-refractivity contribution in [3.05, 3.63) is 33.8 Å². The van der Waals surface area contributed by atoms with Crippen LogP contribution in [0.1, 0.15) is 30.5 Å². The first-order valence-corrected chi connectivity index (χ1v) is 5.80. The molecule has 0 bridgehead atoms. The second-order valence-corrected chi connectivity index (χ2v) is 4.59. The highest BCUT2D eigenvalue weighted by Gasteiger charge is 2.18. The van der Waals surface area contributed by atoms with Crippen molar-refractivity contribution in [2.24, 2.45) is 11.7 Å². The molecule has 0 aliphatic rings. The summed E-state index contributed by atoms with van der Waals surface area (Å²) >= 11 is 3.42. The maximum absolute atomic E-state index is 8.98. The quantitative estimate of drug-likeness (QED) is 0.913. The smallest absolute Gasteiger partial charge is 0.0675 e. The minimum atomic E-state index is -0.197. The normalized spacial score (nSPS) is 14.3. The molecule has 0 saturated heterocycles. The van der Waals surface area contributed by atoms with Crippen molar-refractivity contribution in [2.75, 3.05) is 0 Å². The van der Waals surface area contributed by atoms with E-state index in [1.807, 2.05) is 32.0 Å². The highest BCUT2D eigenvalue weighted by atomic mass is 79.9. The molecule has 2 N–H and O–H groups in total. The fourth-order valence-corrected chi connectivity index (χ4v) is 1.99. The van der Waals surface area contributed by atoms with Crippen LogP contribution in [0.5, 0.6) is 0 Å². The van der Waals surface area contributed by atoms with Gasteiger partial charge in [-0.05, 0) is 36.6 Å². The molecule has 3 heteroatoms. The lowest BCUT2D eigenvalue weighted by Crippen LogP contribution is -2.20. The molecule has 1 aromatic carbocycles. The van der Waals surface area contributed by atoms with Crippen molar-refractivity contribution < 1.29 is 0 Å². The van der Waals surface area contributed by atoms with Gasteiger partial charge in [-0.2, -0.15) is 5.26 Å². The van der Waals surface area contributed by atoms with Gasteiger partial charge in [0.25, 0.3) is 0 Å². The molecule has 0 aromatic heterocycles. The lowest BCUT2D eigenvalue weighted by atomic mass is 9.90. The summed E-state index contributed by atoms with van der Waals surface area (Å²) in [5.74, 6) is -0.113. The summed E-state index contributed by atoms with van der Waals surface area (Å²) in [7, 11) is 0. The Morgan fingerprint density at radius 1 is 1.53 bits per heavy atom. The lowest BCUT2D eigenvalue weighted by Gasteiger charge is -2.18. The molecule has 0 spiro atoms. The monoisotopic (exact) mass is 266 g/mol. The van der Waals surface area contributed by atoms with E-state index in [4.69, 9.17) is 11.0 Å². The predicted octanol–water partition coefficient (Wildman–Crippen LogP) is 3.31. The number of hydrogen-bond donors (Lipinski definition) is 1.